The van der Waals surface area contributed by atoms with Crippen molar-refractivity contribution in [2.24, 2.45) is 0 Å². The second-order valence-corrected chi connectivity index (χ2v) is 7.76. The van der Waals surface area contributed by atoms with Crippen LogP contribution in [-0.2, 0) is 11.4 Å². The van der Waals surface area contributed by atoms with Crippen LogP contribution in [0.5, 0.6) is 11.5 Å². The number of ether oxygens (including phenoxy) is 2. The number of thioether (sulfide) groups is 1. The number of thiocarbonyl (C=S) groups is 1. The molecule has 1 aliphatic heterocycles. The lowest BCUT2D eigenvalue weighted by atomic mass is 10.1. The van der Waals surface area contributed by atoms with E-state index in [-0.39, 0.29) is 12.0 Å². The lowest BCUT2D eigenvalue weighted by molar-refractivity contribution is -0.121. The second kappa shape index (κ2) is 9.05. The summed E-state index contributed by atoms with van der Waals surface area (Å²) in [5.74, 6) is -7.46. The zero-order chi connectivity index (χ0) is 22.0. The third kappa shape index (κ3) is 4.29. The summed E-state index contributed by atoms with van der Waals surface area (Å²) in [5.41, 5.74) is 0.929. The van der Waals surface area contributed by atoms with Crippen molar-refractivity contribution in [2.45, 2.75) is 13.5 Å². The van der Waals surface area contributed by atoms with Gasteiger partial charge in [0.1, 0.15) is 16.7 Å². The lowest BCUT2D eigenvalue weighted by Crippen LogP contribution is -2.27. The van der Waals surface area contributed by atoms with Gasteiger partial charge in [0.25, 0.3) is 5.91 Å². The monoisotopic (exact) mass is 457 g/mol. The summed E-state index contributed by atoms with van der Waals surface area (Å²) in [6.07, 6.45) is 1.61. The highest BCUT2D eigenvalue weighted by atomic mass is 32.2. The van der Waals surface area contributed by atoms with Crippen LogP contribution in [-0.4, -0.2) is 28.8 Å². The number of carbonyl (C=O) groups excluding carboxylic acids is 1. The predicted molar refractivity (Wildman–Crippen MR) is 109 cm³/mol. The van der Waals surface area contributed by atoms with Crippen LogP contribution in [0.15, 0.2) is 29.2 Å². The third-order valence-electron chi connectivity index (χ3n) is 4.24. The first-order valence-electron chi connectivity index (χ1n) is 8.64. The molecule has 0 aromatic heterocycles. The minimum Gasteiger partial charge on any atom is -0.496 e. The SMILES string of the molecule is CCN1C(=O)/C(=C\c2ccc(OC)c(COc3c(F)c(F)cc(F)c3F)c2)SC1=S. The summed E-state index contributed by atoms with van der Waals surface area (Å²) >= 11 is 6.33. The summed E-state index contributed by atoms with van der Waals surface area (Å²) in [4.78, 5) is 14.2. The van der Waals surface area contributed by atoms with Crippen LogP contribution < -0.4 is 9.47 Å². The fourth-order valence-corrected chi connectivity index (χ4v) is 4.14. The van der Waals surface area contributed by atoms with Gasteiger partial charge in [-0.3, -0.25) is 9.69 Å². The van der Waals surface area contributed by atoms with E-state index >= 15 is 0 Å². The number of amides is 1. The molecule has 0 unspecified atom stereocenters. The van der Waals surface area contributed by atoms with Crippen molar-refractivity contribution in [3.8, 4) is 11.5 Å². The van der Waals surface area contributed by atoms with Crippen LogP contribution in [0.1, 0.15) is 18.1 Å². The maximum Gasteiger partial charge on any atom is 0.266 e. The Morgan fingerprint density at radius 1 is 1.13 bits per heavy atom. The molecular weight excluding hydrogens is 442 g/mol. The molecule has 1 amide bonds. The van der Waals surface area contributed by atoms with E-state index in [1.54, 1.807) is 24.3 Å². The summed E-state index contributed by atoms with van der Waals surface area (Å²) in [5, 5.41) is 0. The number of methoxy groups -OCH3 is 1. The number of rotatable bonds is 6. The number of benzene rings is 2. The van der Waals surface area contributed by atoms with Gasteiger partial charge in [0, 0.05) is 18.2 Å². The fraction of sp³-hybridized carbons (Fsp3) is 0.200. The summed E-state index contributed by atoms with van der Waals surface area (Å²) in [6, 6.07) is 4.92. The number of likely N-dealkylation sites (N-methyl/N-ethyl adjacent to an activating group) is 1. The molecule has 0 spiro atoms. The number of carbonyl (C=O) groups is 1. The largest absolute Gasteiger partial charge is 0.496 e. The Morgan fingerprint density at radius 2 is 1.80 bits per heavy atom. The third-order valence-corrected chi connectivity index (χ3v) is 5.61. The van der Waals surface area contributed by atoms with Crippen LogP contribution in [0.25, 0.3) is 6.08 Å². The molecule has 3 rings (SSSR count). The van der Waals surface area contributed by atoms with Crippen LogP contribution in [0, 0.1) is 23.3 Å². The average molecular weight is 457 g/mol. The van der Waals surface area contributed by atoms with Crippen LogP contribution in [0.4, 0.5) is 17.6 Å². The minimum absolute atomic E-state index is 0.102. The van der Waals surface area contributed by atoms with Gasteiger partial charge in [-0.1, -0.05) is 30.0 Å². The molecule has 1 heterocycles. The normalized spacial score (nSPS) is 15.3. The van der Waals surface area contributed by atoms with E-state index in [2.05, 4.69) is 0 Å². The first-order valence-corrected chi connectivity index (χ1v) is 9.87. The maximum absolute atomic E-state index is 13.8. The molecule has 4 nitrogen and oxygen atoms in total. The molecule has 30 heavy (non-hydrogen) atoms. The standard InChI is InChI=1S/C20H15F4NO3S2/c1-3-25-19(26)15(30-20(25)29)7-10-4-5-14(27-2)11(6-10)9-28-18-16(23)12(21)8-13(22)17(18)24/h4-8H,3,9H2,1-2H3/b15-7+. The second-order valence-electron chi connectivity index (χ2n) is 6.08. The van der Waals surface area contributed by atoms with E-state index in [4.69, 9.17) is 21.7 Å². The quantitative estimate of drug-likeness (QED) is 0.263. The number of halogens is 4. The highest BCUT2D eigenvalue weighted by Gasteiger charge is 2.30. The maximum atomic E-state index is 13.8. The first-order chi connectivity index (χ1) is 14.3. The molecule has 1 saturated heterocycles. The van der Waals surface area contributed by atoms with Crippen molar-refractivity contribution >= 4 is 40.3 Å². The molecule has 10 heteroatoms. The Morgan fingerprint density at radius 3 is 2.37 bits per heavy atom. The summed E-state index contributed by atoms with van der Waals surface area (Å²) in [7, 11) is 1.38. The summed E-state index contributed by atoms with van der Waals surface area (Å²) in [6.45, 7) is 1.83. The van der Waals surface area contributed by atoms with Crippen molar-refractivity contribution < 1.29 is 31.8 Å². The van der Waals surface area contributed by atoms with Gasteiger partial charge < -0.3 is 9.47 Å². The first kappa shape index (κ1) is 22.1. The van der Waals surface area contributed by atoms with E-state index < -0.39 is 35.6 Å². The van der Waals surface area contributed by atoms with E-state index in [1.807, 2.05) is 6.92 Å². The van der Waals surface area contributed by atoms with Crippen molar-refractivity contribution in [2.75, 3.05) is 13.7 Å². The highest BCUT2D eigenvalue weighted by Crippen LogP contribution is 2.33. The minimum atomic E-state index is -1.63. The molecular formula is C20H15F4NO3S2. The van der Waals surface area contributed by atoms with Gasteiger partial charge in [-0.15, -0.1) is 0 Å². The molecule has 0 aliphatic carbocycles. The van der Waals surface area contributed by atoms with E-state index in [9.17, 15) is 22.4 Å². The van der Waals surface area contributed by atoms with E-state index in [0.717, 1.165) is 11.8 Å². The van der Waals surface area contributed by atoms with E-state index in [1.165, 1.54) is 12.0 Å². The molecule has 2 aromatic rings. The molecule has 0 N–H and O–H groups in total. The Kier molecular flexibility index (Phi) is 6.67. The molecule has 1 aliphatic rings. The van der Waals surface area contributed by atoms with E-state index in [0.29, 0.717) is 32.6 Å². The predicted octanol–water partition coefficient (Wildman–Crippen LogP) is 5.05. The van der Waals surface area contributed by atoms with Gasteiger partial charge in [-0.25, -0.2) is 8.78 Å². The topological polar surface area (TPSA) is 38.8 Å². The van der Waals surface area contributed by atoms with Crippen LogP contribution >= 0.6 is 24.0 Å². The molecule has 0 saturated carbocycles. The van der Waals surface area contributed by atoms with Gasteiger partial charge in [-0.2, -0.15) is 8.78 Å². The number of hydrogen-bond acceptors (Lipinski definition) is 5. The van der Waals surface area contributed by atoms with Crippen molar-refractivity contribution in [3.05, 3.63) is 63.6 Å². The number of nitrogens with zero attached hydrogens (tertiary/aromatic N) is 1. The highest BCUT2D eigenvalue weighted by molar-refractivity contribution is 8.26. The average Bonchev–Trinajstić information content (AvgIpc) is 2.99. The van der Waals surface area contributed by atoms with Gasteiger partial charge in [0.2, 0.25) is 11.6 Å². The molecule has 2 aromatic carbocycles. The van der Waals surface area contributed by atoms with Gasteiger partial charge in [0.05, 0.1) is 12.0 Å². The van der Waals surface area contributed by atoms with Crippen LogP contribution in [0.3, 0.4) is 0 Å². The van der Waals surface area contributed by atoms with Gasteiger partial charge in [0.15, 0.2) is 17.4 Å². The van der Waals surface area contributed by atoms with Crippen molar-refractivity contribution in [1.29, 1.82) is 0 Å². The van der Waals surface area contributed by atoms with Crippen molar-refractivity contribution in [3.63, 3.8) is 0 Å². The summed E-state index contributed by atoms with van der Waals surface area (Å²) < 4.78 is 65.1. The molecule has 0 atom stereocenters. The van der Waals surface area contributed by atoms with Gasteiger partial charge in [-0.05, 0) is 30.7 Å². The molecule has 0 radical (unpaired) electrons. The van der Waals surface area contributed by atoms with Gasteiger partial charge >= 0.3 is 0 Å². The Labute approximate surface area is 179 Å². The Bertz CT molecular complexity index is 1030. The molecule has 0 bridgehead atoms. The van der Waals surface area contributed by atoms with Crippen LogP contribution in [0.2, 0.25) is 0 Å². The molecule has 1 fully saturated rings. The zero-order valence-electron chi connectivity index (χ0n) is 15.8. The smallest absolute Gasteiger partial charge is 0.266 e. The zero-order valence-corrected chi connectivity index (χ0v) is 17.4. The van der Waals surface area contributed by atoms with Crippen molar-refractivity contribution in [1.82, 2.24) is 4.90 Å². The number of hydrogen-bond donors (Lipinski definition) is 0. The molecule has 158 valence electrons. The Hall–Kier alpha value is -2.59. The fourth-order valence-electron chi connectivity index (χ4n) is 2.75. The lowest BCUT2D eigenvalue weighted by Gasteiger charge is -2.13. The Balaban J connectivity index is 1.89.